The van der Waals surface area contributed by atoms with Crippen molar-refractivity contribution in [3.05, 3.63) is 72.9 Å². The summed E-state index contributed by atoms with van der Waals surface area (Å²) in [5.74, 6) is -0.227. The SMILES string of the molecule is CC/C=C\C/C=C\C/C=C\C/C=C\C/C=C\C/C=C\CCCCCCCCCOCC(CO)OC(=O)CCCCCC. The third-order valence-electron chi connectivity index (χ3n) is 6.80. The van der Waals surface area contributed by atoms with Crippen LogP contribution in [-0.4, -0.2) is 37.0 Å². The second-order valence-electron chi connectivity index (χ2n) is 10.9. The van der Waals surface area contributed by atoms with E-state index in [1.54, 1.807) is 0 Å². The van der Waals surface area contributed by atoms with Gasteiger partial charge in [0.15, 0.2) is 0 Å². The molecule has 4 heteroatoms. The smallest absolute Gasteiger partial charge is 0.306 e. The van der Waals surface area contributed by atoms with Gasteiger partial charge in [0.25, 0.3) is 0 Å². The molecule has 0 aromatic rings. The van der Waals surface area contributed by atoms with Crippen LogP contribution in [0.2, 0.25) is 0 Å². The molecule has 0 aromatic carbocycles. The Kier molecular flexibility index (Phi) is 33.2. The van der Waals surface area contributed by atoms with Gasteiger partial charge in [-0.25, -0.2) is 0 Å². The molecule has 0 aliphatic heterocycles. The van der Waals surface area contributed by atoms with E-state index in [1.165, 1.54) is 38.5 Å². The van der Waals surface area contributed by atoms with Gasteiger partial charge in [-0.3, -0.25) is 4.79 Å². The van der Waals surface area contributed by atoms with E-state index >= 15 is 0 Å². The van der Waals surface area contributed by atoms with E-state index in [0.717, 1.165) is 77.0 Å². The summed E-state index contributed by atoms with van der Waals surface area (Å²) >= 11 is 0. The Bertz CT molecular complexity index is 744. The van der Waals surface area contributed by atoms with E-state index in [1.807, 2.05) is 0 Å². The highest BCUT2D eigenvalue weighted by Gasteiger charge is 2.13. The lowest BCUT2D eigenvalue weighted by atomic mass is 10.1. The minimum atomic E-state index is -0.537. The molecule has 1 N–H and O–H groups in total. The number of carbonyl (C=O) groups is 1. The van der Waals surface area contributed by atoms with Crippen LogP contribution in [0.5, 0.6) is 0 Å². The number of aliphatic hydroxyl groups excluding tert-OH is 1. The number of hydrogen-bond donors (Lipinski definition) is 1. The van der Waals surface area contributed by atoms with Gasteiger partial charge in [-0.05, 0) is 64.2 Å². The monoisotopic (exact) mass is 584 g/mol. The van der Waals surface area contributed by atoms with Gasteiger partial charge in [-0.2, -0.15) is 0 Å². The van der Waals surface area contributed by atoms with E-state index in [2.05, 4.69) is 86.8 Å². The highest BCUT2D eigenvalue weighted by atomic mass is 16.6. The summed E-state index contributed by atoms with van der Waals surface area (Å²) in [4.78, 5) is 11.8. The zero-order valence-electron chi connectivity index (χ0n) is 27.2. The molecule has 1 atom stereocenters. The maximum Gasteiger partial charge on any atom is 0.306 e. The Labute approximate surface area is 259 Å². The molecule has 0 saturated carbocycles. The fraction of sp³-hybridized carbons (Fsp3) is 0.658. The van der Waals surface area contributed by atoms with Crippen LogP contribution in [0.15, 0.2) is 72.9 Å². The van der Waals surface area contributed by atoms with Gasteiger partial charge in [-0.15, -0.1) is 0 Å². The third-order valence-corrected chi connectivity index (χ3v) is 6.80. The van der Waals surface area contributed by atoms with Crippen molar-refractivity contribution < 1.29 is 19.4 Å². The highest BCUT2D eigenvalue weighted by molar-refractivity contribution is 5.69. The first-order valence-electron chi connectivity index (χ1n) is 17.0. The minimum absolute atomic E-state index is 0.181. The second kappa shape index (κ2) is 35.0. The van der Waals surface area contributed by atoms with Crippen molar-refractivity contribution in [3.63, 3.8) is 0 Å². The molecule has 0 fully saturated rings. The number of rotatable bonds is 30. The van der Waals surface area contributed by atoms with Crippen LogP contribution in [0, 0.1) is 0 Å². The van der Waals surface area contributed by atoms with Crippen LogP contribution in [0.1, 0.15) is 136 Å². The Morgan fingerprint density at radius 3 is 1.60 bits per heavy atom. The molecule has 0 bridgehead atoms. The van der Waals surface area contributed by atoms with Crippen molar-refractivity contribution in [1.82, 2.24) is 0 Å². The van der Waals surface area contributed by atoms with Gasteiger partial charge < -0.3 is 14.6 Å². The fourth-order valence-electron chi connectivity index (χ4n) is 4.27. The lowest BCUT2D eigenvalue weighted by Gasteiger charge is -2.15. The summed E-state index contributed by atoms with van der Waals surface area (Å²) in [6.07, 6.45) is 47.0. The zero-order chi connectivity index (χ0) is 30.6. The molecule has 1 unspecified atom stereocenters. The minimum Gasteiger partial charge on any atom is -0.457 e. The first-order chi connectivity index (χ1) is 20.7. The third kappa shape index (κ3) is 32.3. The Morgan fingerprint density at radius 1 is 0.595 bits per heavy atom. The van der Waals surface area contributed by atoms with Crippen molar-refractivity contribution in [1.29, 1.82) is 0 Å². The van der Waals surface area contributed by atoms with E-state index in [-0.39, 0.29) is 19.2 Å². The normalized spacial score (nSPS) is 13.3. The topological polar surface area (TPSA) is 55.8 Å². The molecule has 0 rings (SSSR count). The first kappa shape index (κ1) is 39.8. The predicted octanol–water partition coefficient (Wildman–Crippen LogP) is 10.7. The maximum atomic E-state index is 11.8. The zero-order valence-corrected chi connectivity index (χ0v) is 27.2. The van der Waals surface area contributed by atoms with E-state index < -0.39 is 6.10 Å². The lowest BCUT2D eigenvalue weighted by molar-refractivity contribution is -0.154. The summed E-state index contributed by atoms with van der Waals surface area (Å²) < 4.78 is 10.9. The maximum absolute atomic E-state index is 11.8. The molecule has 240 valence electrons. The Hall–Kier alpha value is -2.17. The van der Waals surface area contributed by atoms with Crippen molar-refractivity contribution >= 4 is 5.97 Å². The van der Waals surface area contributed by atoms with E-state index in [4.69, 9.17) is 9.47 Å². The average molecular weight is 585 g/mol. The number of ether oxygens (including phenoxy) is 2. The Balaban J connectivity index is 3.48. The number of aliphatic hydroxyl groups is 1. The molecule has 0 aliphatic carbocycles. The summed E-state index contributed by atoms with van der Waals surface area (Å²) in [7, 11) is 0. The number of esters is 1. The van der Waals surface area contributed by atoms with Crippen LogP contribution >= 0.6 is 0 Å². The van der Waals surface area contributed by atoms with Gasteiger partial charge in [0.1, 0.15) is 6.10 Å². The number of unbranched alkanes of at least 4 members (excludes halogenated alkanes) is 10. The summed E-state index contributed by atoms with van der Waals surface area (Å²) in [6.45, 7) is 5.07. The molecular weight excluding hydrogens is 520 g/mol. The van der Waals surface area contributed by atoms with Crippen LogP contribution < -0.4 is 0 Å². The quantitative estimate of drug-likeness (QED) is 0.0518. The second-order valence-corrected chi connectivity index (χ2v) is 10.9. The van der Waals surface area contributed by atoms with Crippen molar-refractivity contribution in [2.75, 3.05) is 19.8 Å². The van der Waals surface area contributed by atoms with Gasteiger partial charge >= 0.3 is 5.97 Å². The molecule has 0 spiro atoms. The summed E-state index contributed by atoms with van der Waals surface area (Å²) in [5, 5.41) is 9.42. The largest absolute Gasteiger partial charge is 0.457 e. The van der Waals surface area contributed by atoms with Crippen LogP contribution in [0.3, 0.4) is 0 Å². The van der Waals surface area contributed by atoms with Gasteiger partial charge in [0, 0.05) is 13.0 Å². The van der Waals surface area contributed by atoms with Crippen molar-refractivity contribution in [3.8, 4) is 0 Å². The molecular formula is C38H64O4. The number of hydrogen-bond acceptors (Lipinski definition) is 4. The molecule has 0 radical (unpaired) electrons. The Morgan fingerprint density at radius 2 is 1.07 bits per heavy atom. The molecule has 0 amide bonds. The highest BCUT2D eigenvalue weighted by Crippen LogP contribution is 2.10. The number of carbonyl (C=O) groups excluding carboxylic acids is 1. The van der Waals surface area contributed by atoms with Gasteiger partial charge in [0.05, 0.1) is 13.2 Å². The van der Waals surface area contributed by atoms with Gasteiger partial charge in [-0.1, -0.05) is 138 Å². The molecule has 4 nitrogen and oxygen atoms in total. The van der Waals surface area contributed by atoms with Crippen molar-refractivity contribution in [2.45, 2.75) is 142 Å². The fourth-order valence-corrected chi connectivity index (χ4v) is 4.27. The molecule has 0 saturated heterocycles. The van der Waals surface area contributed by atoms with Crippen LogP contribution in [0.4, 0.5) is 0 Å². The lowest BCUT2D eigenvalue weighted by Crippen LogP contribution is -2.27. The molecule has 0 heterocycles. The molecule has 0 aliphatic rings. The predicted molar refractivity (Wildman–Crippen MR) is 182 cm³/mol. The molecule has 0 aromatic heterocycles. The molecule has 42 heavy (non-hydrogen) atoms. The first-order valence-corrected chi connectivity index (χ1v) is 17.0. The summed E-state index contributed by atoms with van der Waals surface area (Å²) in [6, 6.07) is 0. The van der Waals surface area contributed by atoms with E-state index in [9.17, 15) is 9.90 Å². The number of allylic oxidation sites excluding steroid dienone is 12. The van der Waals surface area contributed by atoms with Gasteiger partial charge in [0.2, 0.25) is 0 Å². The van der Waals surface area contributed by atoms with Crippen LogP contribution in [-0.2, 0) is 14.3 Å². The van der Waals surface area contributed by atoms with Crippen LogP contribution in [0.25, 0.3) is 0 Å². The van der Waals surface area contributed by atoms with E-state index in [0.29, 0.717) is 13.0 Å². The standard InChI is InChI=1S/C38H64O4/c1-3-5-7-9-10-11-12-13-14-15-16-17-18-19-20-21-22-23-24-25-26-27-28-29-30-32-34-41-36-37(35-39)42-38(40)33-31-8-6-4-2/h5,7,10-11,13-14,16-17,19-20,22-23,37,39H,3-4,6,8-9,12,15,18,21,24-36H2,1-2H3/b7-5-,11-10-,14-13-,17-16-,20-19-,23-22-. The summed E-state index contributed by atoms with van der Waals surface area (Å²) in [5.41, 5.74) is 0. The average Bonchev–Trinajstić information content (AvgIpc) is 3.00. The van der Waals surface area contributed by atoms with Crippen molar-refractivity contribution in [2.24, 2.45) is 0 Å².